The van der Waals surface area contributed by atoms with Crippen LogP contribution in [0.1, 0.15) is 5.69 Å². The summed E-state index contributed by atoms with van der Waals surface area (Å²) in [6.45, 7) is -0.168. The van der Waals surface area contributed by atoms with Gasteiger partial charge in [-0.2, -0.15) is 9.49 Å². The van der Waals surface area contributed by atoms with Gasteiger partial charge in [0.25, 0.3) is 0 Å². The van der Waals surface area contributed by atoms with Gasteiger partial charge in [0.2, 0.25) is 5.82 Å². The Kier molecular flexibility index (Phi) is 4.38. The van der Waals surface area contributed by atoms with Crippen LogP contribution in [-0.4, -0.2) is 24.9 Å². The molecule has 1 aromatic heterocycles. The monoisotopic (exact) mass is 334 g/mol. The highest BCUT2D eigenvalue weighted by molar-refractivity contribution is 7.90. The first kappa shape index (κ1) is 15.6. The molecular weight excluding hydrogens is 326 g/mol. The van der Waals surface area contributed by atoms with Gasteiger partial charge >= 0.3 is 0 Å². The van der Waals surface area contributed by atoms with Gasteiger partial charge in [-0.1, -0.05) is 11.6 Å². The largest absolute Gasteiger partial charge is 0.484 e. The van der Waals surface area contributed by atoms with Crippen molar-refractivity contribution in [2.24, 2.45) is 0 Å². The molecule has 0 aliphatic rings. The van der Waals surface area contributed by atoms with E-state index >= 15 is 0 Å². The van der Waals surface area contributed by atoms with Crippen LogP contribution < -0.4 is 4.74 Å². The van der Waals surface area contributed by atoms with E-state index in [0.717, 1.165) is 18.4 Å². The molecule has 0 aliphatic carbocycles. The normalized spacial score (nSPS) is 11.4. The minimum atomic E-state index is -3.85. The quantitative estimate of drug-likeness (QED) is 0.858. The Balaban J connectivity index is 2.22. The van der Waals surface area contributed by atoms with E-state index < -0.39 is 32.1 Å². The summed E-state index contributed by atoms with van der Waals surface area (Å²) >= 11 is 5.55. The number of halogens is 3. The van der Waals surface area contributed by atoms with Crippen LogP contribution in [-0.2, 0) is 16.4 Å². The third-order valence-electron chi connectivity index (χ3n) is 2.47. The maximum Gasteiger partial charge on any atom is 0.201 e. The number of rotatable bonds is 4. The molecule has 21 heavy (non-hydrogen) atoms. The zero-order chi connectivity index (χ0) is 15.6. The van der Waals surface area contributed by atoms with Crippen molar-refractivity contribution in [3.05, 3.63) is 46.7 Å². The van der Waals surface area contributed by atoms with Gasteiger partial charge in [-0.15, -0.1) is 5.10 Å². The fraction of sp³-hybridized carbons (Fsp3) is 0.167. The lowest BCUT2D eigenvalue weighted by atomic mass is 10.3. The fourth-order valence-corrected chi connectivity index (χ4v) is 2.32. The molecule has 2 aromatic rings. The molecule has 0 radical (unpaired) electrons. The Morgan fingerprint density at radius 2 is 1.86 bits per heavy atom. The number of hydrogen-bond donors (Lipinski definition) is 0. The molecule has 1 heterocycles. The summed E-state index contributed by atoms with van der Waals surface area (Å²) in [5.74, 6) is -3.27. The van der Waals surface area contributed by atoms with E-state index in [0.29, 0.717) is 5.69 Å². The minimum absolute atomic E-state index is 0.168. The summed E-state index contributed by atoms with van der Waals surface area (Å²) in [5, 5.41) is 7.44. The van der Waals surface area contributed by atoms with Crippen molar-refractivity contribution in [3.8, 4) is 5.75 Å². The topological polar surface area (TPSA) is 69.2 Å². The number of hydrogen-bond acceptors (Lipinski definition) is 5. The van der Waals surface area contributed by atoms with E-state index in [2.05, 4.69) is 10.2 Å². The summed E-state index contributed by atoms with van der Waals surface area (Å²) in [5.41, 5.74) is 0.353. The minimum Gasteiger partial charge on any atom is -0.484 e. The van der Waals surface area contributed by atoms with Crippen molar-refractivity contribution in [2.75, 3.05) is 6.26 Å². The summed E-state index contributed by atoms with van der Waals surface area (Å²) in [6.07, 6.45) is 0.786. The fourth-order valence-electron chi connectivity index (χ4n) is 1.48. The van der Waals surface area contributed by atoms with Crippen LogP contribution >= 0.6 is 11.6 Å². The predicted molar refractivity (Wildman–Crippen MR) is 70.8 cm³/mol. The Labute approximate surface area is 124 Å². The van der Waals surface area contributed by atoms with E-state index in [-0.39, 0.29) is 11.8 Å². The van der Waals surface area contributed by atoms with Gasteiger partial charge in [-0.3, -0.25) is 0 Å². The van der Waals surface area contributed by atoms with Crippen molar-refractivity contribution in [3.63, 3.8) is 0 Å². The average molecular weight is 335 g/mol. The first-order valence-electron chi connectivity index (χ1n) is 5.58. The molecule has 0 saturated heterocycles. The number of sulfone groups is 1. The van der Waals surface area contributed by atoms with Crippen molar-refractivity contribution in [1.82, 2.24) is 10.2 Å². The van der Waals surface area contributed by atoms with Gasteiger partial charge in [0, 0.05) is 6.26 Å². The summed E-state index contributed by atoms with van der Waals surface area (Å²) < 4.78 is 55.0. The number of benzene rings is 1. The Morgan fingerprint density at radius 3 is 2.43 bits per heavy atom. The predicted octanol–water partition coefficient (Wildman–Crippen LogP) is 2.39. The second-order valence-electron chi connectivity index (χ2n) is 4.10. The van der Waals surface area contributed by atoms with E-state index in [1.54, 1.807) is 0 Å². The van der Waals surface area contributed by atoms with Crippen LogP contribution in [0, 0.1) is 11.6 Å². The van der Waals surface area contributed by atoms with Gasteiger partial charge in [0.15, 0.2) is 26.6 Å². The molecule has 0 amide bonds. The molecule has 2 rings (SSSR count). The van der Waals surface area contributed by atoms with Crippen molar-refractivity contribution in [2.45, 2.75) is 11.5 Å². The van der Waals surface area contributed by atoms with Crippen LogP contribution in [0.4, 0.5) is 8.78 Å². The maximum absolute atomic E-state index is 13.7. The summed E-state index contributed by atoms with van der Waals surface area (Å²) in [7, 11) is -3.85. The van der Waals surface area contributed by atoms with Crippen LogP contribution in [0.3, 0.4) is 0 Å². The number of aromatic nitrogens is 2. The highest BCUT2D eigenvalue weighted by Gasteiger charge is 2.21. The molecule has 0 bridgehead atoms. The van der Waals surface area contributed by atoms with Crippen LogP contribution in [0.5, 0.6) is 5.75 Å². The zero-order valence-electron chi connectivity index (χ0n) is 10.7. The lowest BCUT2D eigenvalue weighted by Gasteiger charge is -2.09. The van der Waals surface area contributed by atoms with Crippen LogP contribution in [0.15, 0.2) is 29.2 Å². The first-order valence-corrected chi connectivity index (χ1v) is 7.85. The molecule has 0 spiro atoms. The highest BCUT2D eigenvalue weighted by atomic mass is 35.5. The molecule has 0 unspecified atom stereocenters. The molecule has 112 valence electrons. The summed E-state index contributed by atoms with van der Waals surface area (Å²) in [4.78, 5) is -0.723. The lowest BCUT2D eigenvalue weighted by molar-refractivity contribution is 0.278. The first-order chi connectivity index (χ1) is 9.79. The number of nitrogens with zero attached hydrogens (tertiary/aromatic N) is 2. The van der Waals surface area contributed by atoms with Crippen molar-refractivity contribution >= 4 is 21.4 Å². The molecule has 0 N–H and O–H groups in total. The molecule has 5 nitrogen and oxygen atoms in total. The van der Waals surface area contributed by atoms with E-state index in [1.165, 1.54) is 12.1 Å². The maximum atomic E-state index is 13.7. The molecule has 0 aliphatic heterocycles. The standard InChI is InChI=1S/C12H9ClF2N2O3S/c1-21(18,19)9-4-3-8(11(14)12(9)15)20-6-7-2-5-10(13)17-16-7/h2-5H,6H2,1H3. The highest BCUT2D eigenvalue weighted by Crippen LogP contribution is 2.26. The van der Waals surface area contributed by atoms with Crippen molar-refractivity contribution < 1.29 is 21.9 Å². The SMILES string of the molecule is CS(=O)(=O)c1ccc(OCc2ccc(Cl)nn2)c(F)c1F. The van der Waals surface area contributed by atoms with Gasteiger partial charge in [-0.25, -0.2) is 12.8 Å². The molecule has 0 saturated carbocycles. The number of ether oxygens (including phenoxy) is 1. The average Bonchev–Trinajstić information content (AvgIpc) is 2.41. The third-order valence-corrected chi connectivity index (χ3v) is 3.79. The molecule has 9 heteroatoms. The Hall–Kier alpha value is -1.80. The molecule has 0 atom stereocenters. The van der Waals surface area contributed by atoms with E-state index in [1.807, 2.05) is 0 Å². The van der Waals surface area contributed by atoms with Gasteiger partial charge in [-0.05, 0) is 24.3 Å². The summed E-state index contributed by atoms with van der Waals surface area (Å²) in [6, 6.07) is 4.96. The molecule has 1 aromatic carbocycles. The van der Waals surface area contributed by atoms with Gasteiger partial charge in [0.1, 0.15) is 17.2 Å². The van der Waals surface area contributed by atoms with Crippen LogP contribution in [0.2, 0.25) is 5.15 Å². The molecular formula is C12H9ClF2N2O3S. The van der Waals surface area contributed by atoms with Crippen LogP contribution in [0.25, 0.3) is 0 Å². The lowest BCUT2D eigenvalue weighted by Crippen LogP contribution is -2.06. The Bertz CT molecular complexity index is 767. The smallest absolute Gasteiger partial charge is 0.201 e. The molecule has 0 fully saturated rings. The van der Waals surface area contributed by atoms with E-state index in [9.17, 15) is 17.2 Å². The van der Waals surface area contributed by atoms with Gasteiger partial charge in [0.05, 0.1) is 0 Å². The Morgan fingerprint density at radius 1 is 1.14 bits per heavy atom. The third kappa shape index (κ3) is 3.64. The van der Waals surface area contributed by atoms with Gasteiger partial charge < -0.3 is 4.74 Å². The van der Waals surface area contributed by atoms with Crippen molar-refractivity contribution in [1.29, 1.82) is 0 Å². The zero-order valence-corrected chi connectivity index (χ0v) is 12.3. The second-order valence-corrected chi connectivity index (χ2v) is 6.47. The second kappa shape index (κ2) is 5.90. The van der Waals surface area contributed by atoms with E-state index in [4.69, 9.17) is 16.3 Å².